The lowest BCUT2D eigenvalue weighted by Gasteiger charge is -2.28. The van der Waals surface area contributed by atoms with Crippen LogP contribution in [0.1, 0.15) is 63.1 Å². The zero-order valence-corrected chi connectivity index (χ0v) is 27.6. The van der Waals surface area contributed by atoms with Crippen LogP contribution in [0.3, 0.4) is 0 Å². The molecule has 0 radical (unpaired) electrons. The number of hydrogen-bond acceptors (Lipinski definition) is 13. The lowest BCUT2D eigenvalue weighted by Crippen LogP contribution is -2.33. The van der Waals surface area contributed by atoms with E-state index in [2.05, 4.69) is 15.3 Å². The molecule has 0 bridgehead atoms. The first-order valence-electron chi connectivity index (χ1n) is 14.8. The van der Waals surface area contributed by atoms with Gasteiger partial charge < -0.3 is 38.6 Å². The van der Waals surface area contributed by atoms with E-state index >= 15 is 0 Å². The molecule has 2 fully saturated rings. The van der Waals surface area contributed by atoms with Gasteiger partial charge in [0.25, 0.3) is 11.1 Å². The van der Waals surface area contributed by atoms with E-state index in [1.165, 1.54) is 35.4 Å². The van der Waals surface area contributed by atoms with Gasteiger partial charge in [0.1, 0.15) is 24.7 Å². The molecule has 2 aliphatic rings. The highest BCUT2D eigenvalue weighted by Gasteiger charge is 2.43. The molecule has 0 saturated carbocycles. The molecule has 5 N–H and O–H groups in total. The van der Waals surface area contributed by atoms with Crippen molar-refractivity contribution in [1.29, 1.82) is 0 Å². The minimum Gasteiger partial charge on any atom is -0.394 e. The van der Waals surface area contributed by atoms with Gasteiger partial charge in [-0.1, -0.05) is 0 Å². The van der Waals surface area contributed by atoms with Gasteiger partial charge in [-0.25, -0.2) is 9.59 Å². The number of nitrogens with one attached hydrogen (secondary N) is 3. The predicted molar refractivity (Wildman–Crippen MR) is 166 cm³/mol. The van der Waals surface area contributed by atoms with E-state index in [4.69, 9.17) is 34.9 Å². The molecule has 1 amide bonds. The minimum atomic E-state index is -3.69. The first-order chi connectivity index (χ1) is 21.7. The molecular formula is C27H40N5O12PS. The Morgan fingerprint density at radius 1 is 1.02 bits per heavy atom. The van der Waals surface area contributed by atoms with Crippen LogP contribution in [-0.4, -0.2) is 85.5 Å². The molecule has 4 rings (SSSR count). The van der Waals surface area contributed by atoms with Crippen LogP contribution >= 0.6 is 6.72 Å². The maximum atomic E-state index is 12.5. The quantitative estimate of drug-likeness (QED) is 0.126. The third-order valence-corrected chi connectivity index (χ3v) is 9.77. The molecule has 2 saturated heterocycles. The zero-order valence-electron chi connectivity index (χ0n) is 25.9. The molecular weight excluding hydrogens is 649 g/mol. The fraction of sp³-hybridized carbons (Fsp3) is 0.667. The number of H-pyrrole nitrogens is 2. The summed E-state index contributed by atoms with van der Waals surface area (Å²) in [6.07, 6.45) is -2.51. The molecule has 256 valence electrons. The highest BCUT2D eigenvalue weighted by molar-refractivity contribution is 8.07. The van der Waals surface area contributed by atoms with Crippen molar-refractivity contribution in [1.82, 2.24) is 24.4 Å². The highest BCUT2D eigenvalue weighted by Crippen LogP contribution is 2.54. The van der Waals surface area contributed by atoms with Crippen molar-refractivity contribution in [3.05, 3.63) is 65.2 Å². The van der Waals surface area contributed by atoms with Crippen LogP contribution in [-0.2, 0) is 39.6 Å². The Balaban J connectivity index is 1.48. The lowest BCUT2D eigenvalue weighted by atomic mass is 10.2. The predicted octanol–water partition coefficient (Wildman–Crippen LogP) is -0.420. The van der Waals surface area contributed by atoms with Crippen LogP contribution < -0.4 is 27.8 Å². The third kappa shape index (κ3) is 8.96. The number of aromatic nitrogens is 4. The van der Waals surface area contributed by atoms with Gasteiger partial charge in [0.05, 0.1) is 32.0 Å². The molecule has 4 heterocycles. The topological polar surface area (TPSA) is 225 Å². The van der Waals surface area contributed by atoms with Gasteiger partial charge in [-0.2, -0.15) is 0 Å². The second kappa shape index (κ2) is 15.4. The van der Waals surface area contributed by atoms with E-state index in [1.807, 2.05) is 13.8 Å². The Hall–Kier alpha value is -2.80. The molecule has 0 aromatic carbocycles. The van der Waals surface area contributed by atoms with Crippen molar-refractivity contribution in [2.75, 3.05) is 19.8 Å². The number of aliphatic hydroxyl groups is 2. The first-order valence-corrected chi connectivity index (χ1v) is 17.4. The number of ether oxygens (including phenoxy) is 2. The van der Waals surface area contributed by atoms with Crippen LogP contribution in [0, 0.1) is 13.8 Å². The number of amides is 1. The Labute approximate surface area is 268 Å². The molecule has 2 aromatic rings. The summed E-state index contributed by atoms with van der Waals surface area (Å²) in [6.45, 7) is 2.22. The van der Waals surface area contributed by atoms with Gasteiger partial charge in [0.15, 0.2) is 0 Å². The SMILES string of the molecule is Cc1cn([C@H]2C[C@H](OP(=S)(OCCCC(=O)NC(C)C)OC[C@H]3O[C@@H](n4cc(C)c(=O)[nH]c4=O)C[C@@H]3O)[C@@H](CO)O2)c(=O)[nH]c1=O. The molecule has 0 aliphatic carbocycles. The fourth-order valence-corrected chi connectivity index (χ4v) is 7.18. The van der Waals surface area contributed by atoms with Crippen LogP contribution in [0.25, 0.3) is 0 Å². The number of carbonyl (C=O) groups is 1. The highest BCUT2D eigenvalue weighted by atomic mass is 32.5. The summed E-state index contributed by atoms with van der Waals surface area (Å²) in [4.78, 5) is 65.0. The average Bonchev–Trinajstić information content (AvgIpc) is 3.55. The van der Waals surface area contributed by atoms with Crippen LogP contribution in [0.4, 0.5) is 0 Å². The number of hydrogen-bond donors (Lipinski definition) is 5. The van der Waals surface area contributed by atoms with Crippen LogP contribution in [0.5, 0.6) is 0 Å². The van der Waals surface area contributed by atoms with Gasteiger partial charge in [-0.3, -0.25) is 33.5 Å². The lowest BCUT2D eigenvalue weighted by molar-refractivity contribution is -0.121. The first kappa shape index (κ1) is 36.0. The molecule has 46 heavy (non-hydrogen) atoms. The zero-order chi connectivity index (χ0) is 33.8. The number of nitrogens with zero attached hydrogens (tertiary/aromatic N) is 2. The molecule has 19 heteroatoms. The summed E-state index contributed by atoms with van der Waals surface area (Å²) < 4.78 is 32.1. The van der Waals surface area contributed by atoms with Gasteiger partial charge in [0, 0.05) is 48.8 Å². The van der Waals surface area contributed by atoms with Gasteiger partial charge >= 0.3 is 18.1 Å². The standard InChI is InChI=1S/C27H40N5O12PS/c1-14(2)28-21(35)6-5-7-40-45(46,41-13-20-17(34)8-22(43-20)31-10-15(3)24(36)29-26(31)38)44-18-9-23(42-19(18)12-33)32-11-16(4)25(37)30-27(32)39/h10-11,14,17-20,22-23,33-34H,5-9,12-13H2,1-4H3,(H,28,35)(H,29,36,38)(H,30,37,39)/t17-,18-,19+,20+,22+,23+,45?/m0/s1. The number of aromatic amines is 2. The second-order valence-corrected chi connectivity index (χ2v) is 14.4. The van der Waals surface area contributed by atoms with Crippen LogP contribution in [0.15, 0.2) is 31.6 Å². The van der Waals surface area contributed by atoms with Crippen molar-refractivity contribution < 1.29 is 38.1 Å². The van der Waals surface area contributed by atoms with Gasteiger partial charge in [-0.15, -0.1) is 0 Å². The second-order valence-electron chi connectivity index (χ2n) is 11.5. The summed E-state index contributed by atoms with van der Waals surface area (Å²) in [5.41, 5.74) is -1.91. The molecule has 2 aliphatic heterocycles. The number of aryl methyl sites for hydroxylation is 2. The van der Waals surface area contributed by atoms with E-state index < -0.39 is 72.7 Å². The molecule has 17 nitrogen and oxygen atoms in total. The van der Waals surface area contributed by atoms with Crippen molar-refractivity contribution in [2.24, 2.45) is 0 Å². The normalized spacial score (nSPS) is 26.0. The Morgan fingerprint density at radius 2 is 1.59 bits per heavy atom. The summed E-state index contributed by atoms with van der Waals surface area (Å²) in [7, 11) is 0. The maximum Gasteiger partial charge on any atom is 0.330 e. The smallest absolute Gasteiger partial charge is 0.330 e. The van der Waals surface area contributed by atoms with E-state index in [0.717, 1.165) is 0 Å². The summed E-state index contributed by atoms with van der Waals surface area (Å²) in [6, 6.07) is -0.0346. The third-order valence-electron chi connectivity index (χ3n) is 7.39. The molecule has 2 aromatic heterocycles. The van der Waals surface area contributed by atoms with Crippen molar-refractivity contribution in [3.8, 4) is 0 Å². The van der Waals surface area contributed by atoms with E-state index in [0.29, 0.717) is 0 Å². The summed E-state index contributed by atoms with van der Waals surface area (Å²) in [5.74, 6) is -0.177. The van der Waals surface area contributed by atoms with Crippen molar-refractivity contribution >= 4 is 24.4 Å². The minimum absolute atomic E-state index is 0.0209. The van der Waals surface area contributed by atoms with E-state index in [-0.39, 0.29) is 62.0 Å². The van der Waals surface area contributed by atoms with Gasteiger partial charge in [-0.05, 0) is 45.9 Å². The Bertz CT molecular complexity index is 1670. The summed E-state index contributed by atoms with van der Waals surface area (Å²) >= 11 is 5.71. The van der Waals surface area contributed by atoms with Crippen molar-refractivity contribution in [3.63, 3.8) is 0 Å². The largest absolute Gasteiger partial charge is 0.394 e. The maximum absolute atomic E-state index is 12.5. The van der Waals surface area contributed by atoms with Crippen LogP contribution in [0.2, 0.25) is 0 Å². The molecule has 0 spiro atoms. The fourth-order valence-electron chi connectivity index (χ4n) is 5.01. The Kier molecular flexibility index (Phi) is 12.1. The Morgan fingerprint density at radius 3 is 2.15 bits per heavy atom. The van der Waals surface area contributed by atoms with E-state index in [9.17, 15) is 34.2 Å². The average molecular weight is 690 g/mol. The van der Waals surface area contributed by atoms with Gasteiger partial charge in [0.2, 0.25) is 5.91 Å². The number of rotatable bonds is 14. The summed E-state index contributed by atoms with van der Waals surface area (Å²) in [5, 5.41) is 23.6. The number of carbonyl (C=O) groups excluding carboxylic acids is 1. The molecule has 7 atom stereocenters. The monoisotopic (exact) mass is 689 g/mol. The van der Waals surface area contributed by atoms with E-state index in [1.54, 1.807) is 0 Å². The number of aliphatic hydroxyl groups excluding tert-OH is 2. The van der Waals surface area contributed by atoms with Crippen molar-refractivity contribution in [2.45, 2.75) is 96.3 Å². The molecule has 1 unspecified atom stereocenters.